The van der Waals surface area contributed by atoms with Crippen molar-refractivity contribution in [2.45, 2.75) is 26.7 Å². The fraction of sp³-hybridized carbons (Fsp3) is 0.333. The number of ketones is 1. The Kier molecular flexibility index (Phi) is 4.82. The third-order valence-corrected chi connectivity index (χ3v) is 4.86. The normalized spacial score (nSPS) is 14.0. The Hall–Kier alpha value is -2.67. The van der Waals surface area contributed by atoms with Gasteiger partial charge in [-0.05, 0) is 38.5 Å². The topological polar surface area (TPSA) is 84.3 Å². The van der Waals surface area contributed by atoms with E-state index in [2.05, 4.69) is 10.4 Å². The second-order valence-electron chi connectivity index (χ2n) is 6.27. The van der Waals surface area contributed by atoms with Crippen LogP contribution in [0.3, 0.4) is 0 Å². The van der Waals surface area contributed by atoms with Gasteiger partial charge in [-0.15, -0.1) is 0 Å². The number of rotatable bonds is 4. The summed E-state index contributed by atoms with van der Waals surface area (Å²) in [6.07, 6.45) is 1.30. The Morgan fingerprint density at radius 2 is 2.00 bits per heavy atom. The highest BCUT2D eigenvalue weighted by molar-refractivity contribution is 6.47. The minimum Gasteiger partial charge on any atom is -0.318 e. The van der Waals surface area contributed by atoms with Gasteiger partial charge >= 0.3 is 0 Å². The van der Waals surface area contributed by atoms with Crippen LogP contribution in [0.2, 0.25) is 5.02 Å². The average molecular weight is 375 g/mol. The van der Waals surface area contributed by atoms with Crippen molar-refractivity contribution in [3.05, 3.63) is 40.2 Å². The molecule has 1 fully saturated rings. The zero-order chi connectivity index (χ0) is 19.0. The van der Waals surface area contributed by atoms with Crippen molar-refractivity contribution in [2.75, 3.05) is 16.8 Å². The van der Waals surface area contributed by atoms with Gasteiger partial charge in [0, 0.05) is 31.4 Å². The number of carbonyl (C=O) groups excluding carboxylic acids is 3. The molecule has 1 aromatic heterocycles. The van der Waals surface area contributed by atoms with E-state index in [1.807, 2.05) is 0 Å². The Bertz CT molecular complexity index is 919. The fourth-order valence-corrected chi connectivity index (χ4v) is 3.26. The van der Waals surface area contributed by atoms with Crippen LogP contribution in [0.25, 0.3) is 0 Å². The highest BCUT2D eigenvalue weighted by Gasteiger charge is 2.26. The van der Waals surface area contributed by atoms with E-state index in [1.165, 1.54) is 0 Å². The van der Waals surface area contributed by atoms with E-state index in [-0.39, 0.29) is 11.5 Å². The number of hydrogen-bond donors (Lipinski definition) is 1. The standard InChI is InChI=1S/C18H19ClN4O3/c1-10-16(11(2)22(3)21-10)17(25)18(26)20-14-9-12(6-7-13(14)19)23-8-4-5-15(23)24/h6-7,9H,4-5,8H2,1-3H3,(H,20,26). The van der Waals surface area contributed by atoms with Crippen molar-refractivity contribution in [2.24, 2.45) is 7.05 Å². The Labute approximate surface area is 155 Å². The third-order valence-electron chi connectivity index (χ3n) is 4.53. The lowest BCUT2D eigenvalue weighted by Crippen LogP contribution is -2.25. The monoisotopic (exact) mass is 374 g/mol. The molecule has 0 unspecified atom stereocenters. The van der Waals surface area contributed by atoms with Crippen molar-refractivity contribution in [1.29, 1.82) is 0 Å². The number of anilines is 2. The number of aromatic nitrogens is 2. The lowest BCUT2D eigenvalue weighted by molar-refractivity contribution is -0.117. The Morgan fingerprint density at radius 3 is 2.58 bits per heavy atom. The van der Waals surface area contributed by atoms with Crippen molar-refractivity contribution < 1.29 is 14.4 Å². The highest BCUT2D eigenvalue weighted by atomic mass is 35.5. The average Bonchev–Trinajstić information content (AvgIpc) is 3.12. The molecule has 0 radical (unpaired) electrons. The van der Waals surface area contributed by atoms with Crippen LogP contribution in [0.1, 0.15) is 34.6 Å². The first-order chi connectivity index (χ1) is 12.3. The highest BCUT2D eigenvalue weighted by Crippen LogP contribution is 2.30. The molecule has 0 atom stereocenters. The van der Waals surface area contributed by atoms with Gasteiger partial charge in [0.25, 0.3) is 11.7 Å². The van der Waals surface area contributed by atoms with Crippen molar-refractivity contribution in [3.8, 4) is 0 Å². The fourth-order valence-electron chi connectivity index (χ4n) is 3.09. The largest absolute Gasteiger partial charge is 0.318 e. The molecule has 0 bridgehead atoms. The number of hydrogen-bond acceptors (Lipinski definition) is 4. The molecule has 8 heteroatoms. The SMILES string of the molecule is Cc1nn(C)c(C)c1C(=O)C(=O)Nc1cc(N2CCCC2=O)ccc1Cl. The molecule has 7 nitrogen and oxygen atoms in total. The summed E-state index contributed by atoms with van der Waals surface area (Å²) in [5.41, 5.74) is 2.33. The predicted octanol–water partition coefficient (Wildman–Crippen LogP) is 2.64. The van der Waals surface area contributed by atoms with Gasteiger partial charge in [0.05, 0.1) is 22.0 Å². The van der Waals surface area contributed by atoms with Gasteiger partial charge in [-0.1, -0.05) is 11.6 Å². The summed E-state index contributed by atoms with van der Waals surface area (Å²) in [7, 11) is 1.71. The van der Waals surface area contributed by atoms with Gasteiger partial charge in [0.2, 0.25) is 5.91 Å². The third kappa shape index (κ3) is 3.22. The summed E-state index contributed by atoms with van der Waals surface area (Å²) >= 11 is 6.15. The van der Waals surface area contributed by atoms with Crippen molar-refractivity contribution in [1.82, 2.24) is 9.78 Å². The molecule has 2 aromatic rings. The maximum absolute atomic E-state index is 12.5. The van der Waals surface area contributed by atoms with E-state index >= 15 is 0 Å². The van der Waals surface area contributed by atoms with Gasteiger partial charge in [-0.2, -0.15) is 5.10 Å². The molecule has 136 valence electrons. The molecule has 3 rings (SSSR count). The number of nitrogens with zero attached hydrogens (tertiary/aromatic N) is 3. The molecule has 1 aliphatic rings. The summed E-state index contributed by atoms with van der Waals surface area (Å²) in [6, 6.07) is 4.93. The van der Waals surface area contributed by atoms with E-state index in [4.69, 9.17) is 11.6 Å². The number of nitrogens with one attached hydrogen (secondary N) is 1. The maximum Gasteiger partial charge on any atom is 0.296 e. The summed E-state index contributed by atoms with van der Waals surface area (Å²) in [6.45, 7) is 4.04. The van der Waals surface area contributed by atoms with Crippen LogP contribution < -0.4 is 10.2 Å². The van der Waals surface area contributed by atoms with Gasteiger partial charge in [-0.25, -0.2) is 0 Å². The van der Waals surface area contributed by atoms with E-state index in [0.717, 1.165) is 6.42 Å². The molecule has 0 spiro atoms. The van der Waals surface area contributed by atoms with Crippen LogP contribution in [0.5, 0.6) is 0 Å². The molecular formula is C18H19ClN4O3. The first-order valence-corrected chi connectivity index (χ1v) is 8.63. The first kappa shape index (κ1) is 18.1. The second kappa shape index (κ2) is 6.92. The number of aryl methyl sites for hydroxylation is 2. The zero-order valence-electron chi connectivity index (χ0n) is 14.8. The van der Waals surface area contributed by atoms with E-state index in [9.17, 15) is 14.4 Å². The lowest BCUT2D eigenvalue weighted by Gasteiger charge is -2.17. The molecular weight excluding hydrogens is 356 g/mol. The second-order valence-corrected chi connectivity index (χ2v) is 6.67. The number of Topliss-reactive ketones (excluding diaryl/α,β-unsaturated/α-hetero) is 1. The number of carbonyl (C=O) groups is 3. The van der Waals surface area contributed by atoms with Crippen LogP contribution in [0.15, 0.2) is 18.2 Å². The summed E-state index contributed by atoms with van der Waals surface area (Å²) in [5, 5.41) is 7.01. The van der Waals surface area contributed by atoms with Crippen LogP contribution in [0, 0.1) is 13.8 Å². The molecule has 2 amide bonds. The summed E-state index contributed by atoms with van der Waals surface area (Å²) in [5.74, 6) is -1.44. The van der Waals surface area contributed by atoms with E-state index in [0.29, 0.717) is 40.8 Å². The van der Waals surface area contributed by atoms with Crippen LogP contribution in [-0.2, 0) is 16.6 Å². The van der Waals surface area contributed by atoms with Gasteiger partial charge in [0.15, 0.2) is 0 Å². The molecule has 2 heterocycles. The van der Waals surface area contributed by atoms with E-state index in [1.54, 1.807) is 48.7 Å². The minimum atomic E-state index is -0.795. The quantitative estimate of drug-likeness (QED) is 0.658. The number of amides is 2. The molecule has 1 aromatic carbocycles. The molecule has 0 aliphatic carbocycles. The Morgan fingerprint density at radius 1 is 1.27 bits per heavy atom. The predicted molar refractivity (Wildman–Crippen MR) is 98.7 cm³/mol. The minimum absolute atomic E-state index is 0.0299. The smallest absolute Gasteiger partial charge is 0.296 e. The van der Waals surface area contributed by atoms with E-state index < -0.39 is 11.7 Å². The first-order valence-electron chi connectivity index (χ1n) is 8.25. The van der Waals surface area contributed by atoms with Gasteiger partial charge < -0.3 is 10.2 Å². The van der Waals surface area contributed by atoms with Crippen LogP contribution in [0.4, 0.5) is 11.4 Å². The summed E-state index contributed by atoms with van der Waals surface area (Å²) in [4.78, 5) is 38.5. The van der Waals surface area contributed by atoms with Crippen molar-refractivity contribution >= 4 is 40.6 Å². The molecule has 1 saturated heterocycles. The molecule has 0 saturated carbocycles. The molecule has 26 heavy (non-hydrogen) atoms. The van der Waals surface area contributed by atoms with Crippen LogP contribution >= 0.6 is 11.6 Å². The number of halogens is 1. The van der Waals surface area contributed by atoms with Crippen LogP contribution in [-0.4, -0.2) is 33.9 Å². The van der Waals surface area contributed by atoms with Gasteiger partial charge in [-0.3, -0.25) is 19.1 Å². The zero-order valence-corrected chi connectivity index (χ0v) is 15.6. The number of benzene rings is 1. The molecule has 1 N–H and O–H groups in total. The van der Waals surface area contributed by atoms with Crippen molar-refractivity contribution in [3.63, 3.8) is 0 Å². The molecule has 1 aliphatic heterocycles. The maximum atomic E-state index is 12.5. The Balaban J connectivity index is 1.85. The lowest BCUT2D eigenvalue weighted by atomic mass is 10.1. The van der Waals surface area contributed by atoms with Gasteiger partial charge in [0.1, 0.15) is 0 Å². The summed E-state index contributed by atoms with van der Waals surface area (Å²) < 4.78 is 1.56.